The first kappa shape index (κ1) is 9.17. The van der Waals surface area contributed by atoms with Crippen molar-refractivity contribution in [2.45, 2.75) is 44.7 Å². The van der Waals surface area contributed by atoms with E-state index in [2.05, 4.69) is 17.1 Å². The Balaban J connectivity index is 1.54. The van der Waals surface area contributed by atoms with Crippen LogP contribution >= 0.6 is 0 Å². The molecule has 1 N–H and O–H groups in total. The minimum Gasteiger partial charge on any atom is -0.309 e. The molecule has 3 aliphatic heterocycles. The molecule has 3 saturated heterocycles. The van der Waals surface area contributed by atoms with E-state index < -0.39 is 0 Å². The van der Waals surface area contributed by atoms with E-state index in [1.54, 1.807) is 0 Å². The maximum absolute atomic E-state index is 3.88. The normalized spacial score (nSPS) is 50.8. The lowest BCUT2D eigenvalue weighted by Crippen LogP contribution is -2.56. The van der Waals surface area contributed by atoms with Crippen molar-refractivity contribution in [1.29, 1.82) is 0 Å². The van der Waals surface area contributed by atoms with Crippen molar-refractivity contribution in [3.63, 3.8) is 0 Å². The molecule has 4 aliphatic rings. The molecule has 2 heteroatoms. The molecule has 2 bridgehead atoms. The molecule has 0 spiro atoms. The van der Waals surface area contributed by atoms with Crippen LogP contribution in [0.1, 0.15) is 32.6 Å². The van der Waals surface area contributed by atoms with Crippen LogP contribution in [0.3, 0.4) is 0 Å². The third-order valence-corrected chi connectivity index (χ3v) is 4.53. The Hall–Kier alpha value is -0.0800. The van der Waals surface area contributed by atoms with Gasteiger partial charge in [-0.05, 0) is 44.2 Å². The molecular weight excluding hydrogens is 172 g/mol. The molecule has 14 heavy (non-hydrogen) atoms. The van der Waals surface area contributed by atoms with E-state index in [4.69, 9.17) is 0 Å². The highest BCUT2D eigenvalue weighted by Crippen LogP contribution is 2.36. The standard InChI is InChI=1S/C12H22N2/c1-2-9-7-11(9)13-12-8-14-5-3-10(12)4-6-14/h9-13H,2-8H2,1H3. The third kappa shape index (κ3) is 1.59. The zero-order valence-corrected chi connectivity index (χ0v) is 9.21. The predicted molar refractivity (Wildman–Crippen MR) is 58.3 cm³/mol. The molecule has 1 aliphatic carbocycles. The minimum atomic E-state index is 0.832. The summed E-state index contributed by atoms with van der Waals surface area (Å²) in [4.78, 5) is 2.64. The van der Waals surface area contributed by atoms with E-state index in [9.17, 15) is 0 Å². The highest BCUT2D eigenvalue weighted by atomic mass is 15.2. The Morgan fingerprint density at radius 1 is 1.21 bits per heavy atom. The van der Waals surface area contributed by atoms with Crippen LogP contribution < -0.4 is 5.32 Å². The van der Waals surface area contributed by atoms with Gasteiger partial charge < -0.3 is 10.2 Å². The number of hydrogen-bond donors (Lipinski definition) is 1. The van der Waals surface area contributed by atoms with Crippen LogP contribution in [0.2, 0.25) is 0 Å². The van der Waals surface area contributed by atoms with Crippen LogP contribution in [0.15, 0.2) is 0 Å². The predicted octanol–water partition coefficient (Wildman–Crippen LogP) is 1.47. The molecule has 3 heterocycles. The fraction of sp³-hybridized carbons (Fsp3) is 1.00. The van der Waals surface area contributed by atoms with Crippen molar-refractivity contribution in [1.82, 2.24) is 10.2 Å². The number of nitrogens with one attached hydrogen (secondary N) is 1. The van der Waals surface area contributed by atoms with Gasteiger partial charge in [-0.2, -0.15) is 0 Å². The fourth-order valence-electron chi connectivity index (χ4n) is 3.33. The molecule has 0 aromatic heterocycles. The molecule has 2 nitrogen and oxygen atoms in total. The smallest absolute Gasteiger partial charge is 0.0226 e. The van der Waals surface area contributed by atoms with Crippen LogP contribution in [0.4, 0.5) is 0 Å². The van der Waals surface area contributed by atoms with E-state index >= 15 is 0 Å². The van der Waals surface area contributed by atoms with Gasteiger partial charge >= 0.3 is 0 Å². The highest BCUT2D eigenvalue weighted by Gasteiger charge is 2.41. The monoisotopic (exact) mass is 194 g/mol. The first-order chi connectivity index (χ1) is 6.86. The molecule has 4 rings (SSSR count). The van der Waals surface area contributed by atoms with Crippen LogP contribution in [-0.4, -0.2) is 36.6 Å². The molecule has 4 fully saturated rings. The summed E-state index contributed by atoms with van der Waals surface area (Å²) in [5.74, 6) is 2.00. The van der Waals surface area contributed by atoms with Crippen molar-refractivity contribution in [3.8, 4) is 0 Å². The van der Waals surface area contributed by atoms with Crippen molar-refractivity contribution in [2.24, 2.45) is 11.8 Å². The topological polar surface area (TPSA) is 15.3 Å². The van der Waals surface area contributed by atoms with Crippen LogP contribution in [0.5, 0.6) is 0 Å². The van der Waals surface area contributed by atoms with Gasteiger partial charge in [0.2, 0.25) is 0 Å². The van der Waals surface area contributed by atoms with E-state index in [0.29, 0.717) is 0 Å². The number of rotatable bonds is 3. The maximum atomic E-state index is 3.88. The zero-order chi connectivity index (χ0) is 9.54. The Morgan fingerprint density at radius 3 is 2.50 bits per heavy atom. The Morgan fingerprint density at radius 2 is 2.00 bits per heavy atom. The van der Waals surface area contributed by atoms with Crippen LogP contribution in [0, 0.1) is 11.8 Å². The second kappa shape index (κ2) is 3.49. The second-order valence-electron chi connectivity index (χ2n) is 5.42. The van der Waals surface area contributed by atoms with E-state index in [1.165, 1.54) is 45.3 Å². The summed E-state index contributed by atoms with van der Waals surface area (Å²) in [6, 6.07) is 1.71. The molecule has 3 atom stereocenters. The van der Waals surface area contributed by atoms with Crippen molar-refractivity contribution < 1.29 is 0 Å². The fourth-order valence-corrected chi connectivity index (χ4v) is 3.33. The molecule has 0 amide bonds. The summed E-state index contributed by atoms with van der Waals surface area (Å²) in [7, 11) is 0. The SMILES string of the molecule is CCC1CC1NC1CN2CCC1CC2. The van der Waals surface area contributed by atoms with E-state index in [1.807, 2.05) is 0 Å². The number of nitrogens with zero attached hydrogens (tertiary/aromatic N) is 1. The van der Waals surface area contributed by atoms with Gasteiger partial charge in [0.1, 0.15) is 0 Å². The Labute approximate surface area is 87.0 Å². The number of hydrogen-bond acceptors (Lipinski definition) is 2. The lowest BCUT2D eigenvalue weighted by molar-refractivity contribution is 0.0712. The highest BCUT2D eigenvalue weighted by molar-refractivity contribution is 4.99. The third-order valence-electron chi connectivity index (χ3n) is 4.53. The molecule has 3 unspecified atom stereocenters. The second-order valence-corrected chi connectivity index (χ2v) is 5.42. The molecular formula is C12H22N2. The summed E-state index contributed by atoms with van der Waals surface area (Å²) >= 11 is 0. The van der Waals surface area contributed by atoms with Gasteiger partial charge in [-0.25, -0.2) is 0 Å². The molecule has 1 saturated carbocycles. The molecule has 0 radical (unpaired) electrons. The summed E-state index contributed by atoms with van der Waals surface area (Å²) in [6.07, 6.45) is 5.71. The van der Waals surface area contributed by atoms with Gasteiger partial charge in [0.25, 0.3) is 0 Å². The number of piperidine rings is 3. The van der Waals surface area contributed by atoms with E-state index in [0.717, 1.165) is 23.9 Å². The average molecular weight is 194 g/mol. The van der Waals surface area contributed by atoms with Crippen LogP contribution in [-0.2, 0) is 0 Å². The molecule has 80 valence electrons. The van der Waals surface area contributed by atoms with Gasteiger partial charge in [0, 0.05) is 18.6 Å². The summed E-state index contributed by atoms with van der Waals surface area (Å²) < 4.78 is 0. The zero-order valence-electron chi connectivity index (χ0n) is 9.21. The molecule has 0 aromatic rings. The molecule has 0 aromatic carbocycles. The summed E-state index contributed by atoms with van der Waals surface area (Å²) in [5, 5.41) is 3.88. The minimum absolute atomic E-state index is 0.832. The maximum Gasteiger partial charge on any atom is 0.0226 e. The van der Waals surface area contributed by atoms with Crippen molar-refractivity contribution in [2.75, 3.05) is 19.6 Å². The van der Waals surface area contributed by atoms with Gasteiger partial charge in [-0.3, -0.25) is 0 Å². The van der Waals surface area contributed by atoms with Crippen LogP contribution in [0.25, 0.3) is 0 Å². The number of fused-ring (bicyclic) bond motifs is 3. The Bertz CT molecular complexity index is 208. The summed E-state index contributed by atoms with van der Waals surface area (Å²) in [5.41, 5.74) is 0. The largest absolute Gasteiger partial charge is 0.309 e. The van der Waals surface area contributed by atoms with Crippen molar-refractivity contribution in [3.05, 3.63) is 0 Å². The first-order valence-electron chi connectivity index (χ1n) is 6.35. The van der Waals surface area contributed by atoms with Gasteiger partial charge in [-0.1, -0.05) is 13.3 Å². The van der Waals surface area contributed by atoms with Crippen molar-refractivity contribution >= 4 is 0 Å². The van der Waals surface area contributed by atoms with Gasteiger partial charge in [0.05, 0.1) is 0 Å². The van der Waals surface area contributed by atoms with Gasteiger partial charge in [-0.15, -0.1) is 0 Å². The average Bonchev–Trinajstić information content (AvgIpc) is 2.98. The lowest BCUT2D eigenvalue weighted by Gasteiger charge is -2.45. The van der Waals surface area contributed by atoms with E-state index in [-0.39, 0.29) is 0 Å². The quantitative estimate of drug-likeness (QED) is 0.732. The lowest BCUT2D eigenvalue weighted by atomic mass is 9.84. The van der Waals surface area contributed by atoms with Gasteiger partial charge in [0.15, 0.2) is 0 Å². The summed E-state index contributed by atoms with van der Waals surface area (Å²) in [6.45, 7) is 6.38. The Kier molecular flexibility index (Phi) is 2.29. The first-order valence-corrected chi connectivity index (χ1v) is 6.35.